The highest BCUT2D eigenvalue weighted by atomic mass is 19.4. The van der Waals surface area contributed by atoms with E-state index in [2.05, 4.69) is 5.32 Å². The van der Waals surface area contributed by atoms with E-state index in [1.165, 1.54) is 17.7 Å². The average molecular weight is 369 g/mol. The monoisotopic (exact) mass is 369 g/mol. The van der Waals surface area contributed by atoms with E-state index in [1.54, 1.807) is 12.1 Å². The third-order valence-electron chi connectivity index (χ3n) is 4.26. The van der Waals surface area contributed by atoms with E-state index in [-0.39, 0.29) is 5.91 Å². The largest absolute Gasteiger partial charge is 0.416 e. The number of carbonyl (C=O) groups excluding carboxylic acids is 1. The zero-order valence-corrected chi connectivity index (χ0v) is 14.5. The third kappa shape index (κ3) is 4.97. The summed E-state index contributed by atoms with van der Waals surface area (Å²) >= 11 is 0. The lowest BCUT2D eigenvalue weighted by molar-refractivity contribution is -0.137. The summed E-state index contributed by atoms with van der Waals surface area (Å²) in [6.07, 6.45) is -2.90. The Labute approximate surface area is 155 Å². The molecule has 0 aromatic heterocycles. The molecule has 3 aromatic rings. The molecule has 3 rings (SSSR count). The third-order valence-corrected chi connectivity index (χ3v) is 4.26. The van der Waals surface area contributed by atoms with Crippen LogP contribution in [-0.2, 0) is 19.0 Å². The van der Waals surface area contributed by atoms with Crippen LogP contribution in [-0.4, -0.2) is 5.91 Å². The van der Waals surface area contributed by atoms with Gasteiger partial charge in [0, 0.05) is 11.3 Å². The predicted octanol–water partition coefficient (Wildman–Crippen LogP) is 5.74. The number of alkyl halides is 3. The fourth-order valence-corrected chi connectivity index (χ4v) is 2.82. The summed E-state index contributed by atoms with van der Waals surface area (Å²) in [6, 6.07) is 21.6. The zero-order chi connectivity index (χ0) is 19.3. The first-order valence-electron chi connectivity index (χ1n) is 8.54. The van der Waals surface area contributed by atoms with Crippen molar-refractivity contribution in [1.82, 2.24) is 0 Å². The second-order valence-electron chi connectivity index (χ2n) is 6.17. The number of amides is 1. The molecule has 27 heavy (non-hydrogen) atoms. The van der Waals surface area contributed by atoms with E-state index in [9.17, 15) is 18.0 Å². The van der Waals surface area contributed by atoms with Crippen LogP contribution in [0.2, 0.25) is 0 Å². The summed E-state index contributed by atoms with van der Waals surface area (Å²) in [5, 5.41) is 2.67. The molecule has 0 saturated carbocycles. The van der Waals surface area contributed by atoms with Gasteiger partial charge in [0.25, 0.3) is 5.91 Å². The molecule has 0 bridgehead atoms. The van der Waals surface area contributed by atoms with Crippen LogP contribution in [0.1, 0.15) is 27.0 Å². The first-order chi connectivity index (χ1) is 12.9. The average Bonchev–Trinajstić information content (AvgIpc) is 2.67. The fourth-order valence-electron chi connectivity index (χ4n) is 2.82. The number of anilines is 1. The van der Waals surface area contributed by atoms with Crippen LogP contribution in [0, 0.1) is 0 Å². The summed E-state index contributed by atoms with van der Waals surface area (Å²) in [4.78, 5) is 12.6. The maximum atomic E-state index is 12.6. The van der Waals surface area contributed by atoms with Gasteiger partial charge in [-0.05, 0) is 54.3 Å². The SMILES string of the molecule is O=C(Nc1ccc(C(F)(F)F)cc1)c1ccccc1CCc1ccccc1. The van der Waals surface area contributed by atoms with E-state index in [0.29, 0.717) is 17.7 Å². The van der Waals surface area contributed by atoms with Crippen LogP contribution in [0.3, 0.4) is 0 Å². The number of hydrogen-bond acceptors (Lipinski definition) is 1. The minimum Gasteiger partial charge on any atom is -0.322 e. The Hall–Kier alpha value is -3.08. The summed E-state index contributed by atoms with van der Waals surface area (Å²) in [6.45, 7) is 0. The van der Waals surface area contributed by atoms with Crippen molar-refractivity contribution in [2.24, 2.45) is 0 Å². The molecule has 0 aliphatic rings. The van der Waals surface area contributed by atoms with Gasteiger partial charge in [-0.15, -0.1) is 0 Å². The van der Waals surface area contributed by atoms with Crippen molar-refractivity contribution >= 4 is 11.6 Å². The van der Waals surface area contributed by atoms with Gasteiger partial charge in [-0.1, -0.05) is 48.5 Å². The number of nitrogens with one attached hydrogen (secondary N) is 1. The molecule has 0 radical (unpaired) electrons. The lowest BCUT2D eigenvalue weighted by atomic mass is 9.99. The molecule has 2 nitrogen and oxygen atoms in total. The Balaban J connectivity index is 1.71. The Morgan fingerprint density at radius 2 is 1.41 bits per heavy atom. The van der Waals surface area contributed by atoms with Crippen molar-refractivity contribution in [3.8, 4) is 0 Å². The molecule has 0 aliphatic carbocycles. The smallest absolute Gasteiger partial charge is 0.322 e. The fraction of sp³-hybridized carbons (Fsp3) is 0.136. The summed E-state index contributed by atoms with van der Waals surface area (Å²) in [5.41, 5.74) is 2.17. The molecule has 0 aliphatic heterocycles. The Morgan fingerprint density at radius 1 is 0.778 bits per heavy atom. The maximum Gasteiger partial charge on any atom is 0.416 e. The number of rotatable bonds is 5. The van der Waals surface area contributed by atoms with Crippen molar-refractivity contribution in [3.63, 3.8) is 0 Å². The topological polar surface area (TPSA) is 29.1 Å². The molecule has 3 aromatic carbocycles. The van der Waals surface area contributed by atoms with Gasteiger partial charge in [-0.2, -0.15) is 13.2 Å². The van der Waals surface area contributed by atoms with Gasteiger partial charge in [-0.25, -0.2) is 0 Å². The Bertz CT molecular complexity index is 903. The van der Waals surface area contributed by atoms with E-state index in [0.717, 1.165) is 24.1 Å². The second-order valence-corrected chi connectivity index (χ2v) is 6.17. The first kappa shape index (κ1) is 18.7. The minimum absolute atomic E-state index is 0.325. The summed E-state index contributed by atoms with van der Waals surface area (Å²) in [7, 11) is 0. The number of hydrogen-bond donors (Lipinski definition) is 1. The molecule has 0 saturated heterocycles. The van der Waals surface area contributed by atoms with Crippen molar-refractivity contribution in [1.29, 1.82) is 0 Å². The molecule has 0 fully saturated rings. The Kier molecular flexibility index (Phi) is 5.60. The minimum atomic E-state index is -4.40. The maximum absolute atomic E-state index is 12.6. The van der Waals surface area contributed by atoms with Crippen molar-refractivity contribution in [2.75, 3.05) is 5.32 Å². The molecule has 0 heterocycles. The molecule has 0 spiro atoms. The standard InChI is InChI=1S/C22H18F3NO/c23-22(24,25)18-12-14-19(15-13-18)26-21(27)20-9-5-4-8-17(20)11-10-16-6-2-1-3-7-16/h1-9,12-15H,10-11H2,(H,26,27). The van der Waals surface area contributed by atoms with Gasteiger partial charge in [0.2, 0.25) is 0 Å². The van der Waals surface area contributed by atoms with Gasteiger partial charge in [-0.3, -0.25) is 4.79 Å². The van der Waals surface area contributed by atoms with E-state index < -0.39 is 11.7 Å². The molecule has 1 amide bonds. The Morgan fingerprint density at radius 3 is 2.07 bits per heavy atom. The molecular weight excluding hydrogens is 351 g/mol. The van der Waals surface area contributed by atoms with Crippen LogP contribution < -0.4 is 5.32 Å². The normalized spacial score (nSPS) is 11.2. The van der Waals surface area contributed by atoms with E-state index in [1.807, 2.05) is 42.5 Å². The van der Waals surface area contributed by atoms with Gasteiger partial charge < -0.3 is 5.32 Å². The van der Waals surface area contributed by atoms with Gasteiger partial charge >= 0.3 is 6.18 Å². The van der Waals surface area contributed by atoms with Crippen LogP contribution >= 0.6 is 0 Å². The number of halogens is 3. The zero-order valence-electron chi connectivity index (χ0n) is 14.5. The van der Waals surface area contributed by atoms with Gasteiger partial charge in [0.05, 0.1) is 5.56 Å². The summed E-state index contributed by atoms with van der Waals surface area (Å²) in [5.74, 6) is -0.335. The van der Waals surface area contributed by atoms with Gasteiger partial charge in [0.1, 0.15) is 0 Å². The van der Waals surface area contributed by atoms with E-state index >= 15 is 0 Å². The second kappa shape index (κ2) is 8.08. The highest BCUT2D eigenvalue weighted by Gasteiger charge is 2.30. The molecule has 0 atom stereocenters. The molecular formula is C22H18F3NO. The number of benzene rings is 3. The van der Waals surface area contributed by atoms with Crippen LogP contribution in [0.5, 0.6) is 0 Å². The predicted molar refractivity (Wildman–Crippen MR) is 99.7 cm³/mol. The quantitative estimate of drug-likeness (QED) is 0.610. The lowest BCUT2D eigenvalue weighted by Crippen LogP contribution is -2.15. The molecule has 5 heteroatoms. The lowest BCUT2D eigenvalue weighted by Gasteiger charge is -2.11. The molecule has 1 N–H and O–H groups in total. The van der Waals surface area contributed by atoms with Crippen molar-refractivity contribution in [3.05, 3.63) is 101 Å². The van der Waals surface area contributed by atoms with Crippen molar-refractivity contribution in [2.45, 2.75) is 19.0 Å². The number of aryl methyl sites for hydroxylation is 2. The summed E-state index contributed by atoms with van der Waals surface area (Å²) < 4.78 is 37.9. The molecule has 0 unspecified atom stereocenters. The van der Waals surface area contributed by atoms with Crippen molar-refractivity contribution < 1.29 is 18.0 Å². The highest BCUT2D eigenvalue weighted by molar-refractivity contribution is 6.05. The van der Waals surface area contributed by atoms with Gasteiger partial charge in [0.15, 0.2) is 0 Å². The first-order valence-corrected chi connectivity index (χ1v) is 8.54. The molecule has 138 valence electrons. The van der Waals surface area contributed by atoms with Crippen LogP contribution in [0.25, 0.3) is 0 Å². The number of carbonyl (C=O) groups is 1. The van der Waals surface area contributed by atoms with Crippen LogP contribution in [0.4, 0.5) is 18.9 Å². The highest BCUT2D eigenvalue weighted by Crippen LogP contribution is 2.30. The van der Waals surface area contributed by atoms with Crippen LogP contribution in [0.15, 0.2) is 78.9 Å². The van der Waals surface area contributed by atoms with E-state index in [4.69, 9.17) is 0 Å².